The van der Waals surface area contributed by atoms with Gasteiger partial charge in [-0.05, 0) is 55.3 Å². The fourth-order valence-electron chi connectivity index (χ4n) is 3.63. The van der Waals surface area contributed by atoms with Crippen LogP contribution in [0, 0.1) is 0 Å². The number of allylic oxidation sites excluding steroid dienone is 1. The van der Waals surface area contributed by atoms with E-state index in [1.165, 1.54) is 0 Å². The number of hydrogen-bond acceptors (Lipinski definition) is 4. The molecular weight excluding hydrogens is 435 g/mol. The highest BCUT2D eigenvalue weighted by Gasteiger charge is 2.35. The predicted octanol–water partition coefficient (Wildman–Crippen LogP) is 6.34. The number of carbonyl (C=O) groups is 1. The SMILES string of the molecule is CCCCN1C(=O)NC(c2cccc(Cl)c2)C(c2nc(-c3ccc(Cl)cc3)no2)=C1C. The highest BCUT2D eigenvalue weighted by atomic mass is 35.5. The standard InChI is InChI=1S/C23H22Cl2N4O2/c1-3-4-12-29-14(2)19(20(26-23(29)30)16-6-5-7-18(25)13-16)22-27-21(28-31-22)15-8-10-17(24)11-9-15/h5-11,13,20H,3-4,12H2,1-2H3,(H,26,30). The van der Waals surface area contributed by atoms with Gasteiger partial charge in [0, 0.05) is 27.9 Å². The fourth-order valence-corrected chi connectivity index (χ4v) is 3.95. The number of nitrogens with zero attached hydrogens (tertiary/aromatic N) is 3. The first kappa shape index (κ1) is 21.4. The first-order chi connectivity index (χ1) is 15.0. The third-order valence-electron chi connectivity index (χ3n) is 5.27. The monoisotopic (exact) mass is 456 g/mol. The van der Waals surface area contributed by atoms with Gasteiger partial charge in [-0.2, -0.15) is 4.98 Å². The van der Waals surface area contributed by atoms with E-state index >= 15 is 0 Å². The molecule has 2 aromatic carbocycles. The van der Waals surface area contributed by atoms with Crippen molar-refractivity contribution in [2.24, 2.45) is 0 Å². The van der Waals surface area contributed by atoms with Gasteiger partial charge in [-0.25, -0.2) is 4.79 Å². The highest BCUT2D eigenvalue weighted by molar-refractivity contribution is 6.30. The maximum atomic E-state index is 12.9. The van der Waals surface area contributed by atoms with Gasteiger partial charge in [0.05, 0.1) is 11.6 Å². The highest BCUT2D eigenvalue weighted by Crippen LogP contribution is 2.38. The Bertz CT molecular complexity index is 1120. The van der Waals surface area contributed by atoms with Gasteiger partial charge < -0.3 is 9.84 Å². The number of benzene rings is 2. The Morgan fingerprint density at radius 1 is 1.13 bits per heavy atom. The molecule has 0 saturated carbocycles. The van der Waals surface area contributed by atoms with E-state index in [0.29, 0.717) is 28.3 Å². The number of unbranched alkanes of at least 4 members (excludes halogenated alkanes) is 1. The molecule has 6 nitrogen and oxygen atoms in total. The molecule has 2 heterocycles. The van der Waals surface area contributed by atoms with Crippen LogP contribution in [0.3, 0.4) is 0 Å². The van der Waals surface area contributed by atoms with E-state index < -0.39 is 6.04 Å². The van der Waals surface area contributed by atoms with Crippen LogP contribution in [-0.4, -0.2) is 27.6 Å². The molecule has 2 amide bonds. The number of carbonyl (C=O) groups excluding carboxylic acids is 1. The van der Waals surface area contributed by atoms with Crippen molar-refractivity contribution < 1.29 is 9.32 Å². The Morgan fingerprint density at radius 3 is 2.61 bits per heavy atom. The van der Waals surface area contributed by atoms with E-state index in [4.69, 9.17) is 27.7 Å². The van der Waals surface area contributed by atoms with Crippen molar-refractivity contribution in [3.05, 3.63) is 75.7 Å². The number of urea groups is 1. The molecule has 4 rings (SSSR count). The van der Waals surface area contributed by atoms with Crippen LogP contribution in [-0.2, 0) is 0 Å². The van der Waals surface area contributed by atoms with Crippen molar-refractivity contribution in [1.29, 1.82) is 0 Å². The lowest BCUT2D eigenvalue weighted by molar-refractivity contribution is 0.204. The van der Waals surface area contributed by atoms with Gasteiger partial charge >= 0.3 is 6.03 Å². The lowest BCUT2D eigenvalue weighted by Crippen LogP contribution is -2.46. The largest absolute Gasteiger partial charge is 0.334 e. The van der Waals surface area contributed by atoms with E-state index in [0.717, 1.165) is 35.2 Å². The second-order valence-corrected chi connectivity index (χ2v) is 8.24. The summed E-state index contributed by atoms with van der Waals surface area (Å²) < 4.78 is 5.67. The van der Waals surface area contributed by atoms with Crippen LogP contribution in [0.5, 0.6) is 0 Å². The average Bonchev–Trinajstić information content (AvgIpc) is 3.23. The molecule has 0 bridgehead atoms. The van der Waals surface area contributed by atoms with Gasteiger partial charge in [0.25, 0.3) is 5.89 Å². The Labute approximate surface area is 190 Å². The van der Waals surface area contributed by atoms with Gasteiger partial charge in [-0.15, -0.1) is 0 Å². The quantitative estimate of drug-likeness (QED) is 0.469. The van der Waals surface area contributed by atoms with Crippen LogP contribution in [0.25, 0.3) is 17.0 Å². The maximum Gasteiger partial charge on any atom is 0.322 e. The van der Waals surface area contributed by atoms with Gasteiger partial charge in [-0.3, -0.25) is 4.90 Å². The van der Waals surface area contributed by atoms with Crippen molar-refractivity contribution in [2.75, 3.05) is 6.54 Å². The number of rotatable bonds is 6. The summed E-state index contributed by atoms with van der Waals surface area (Å²) in [6.45, 7) is 4.61. The third kappa shape index (κ3) is 4.45. The summed E-state index contributed by atoms with van der Waals surface area (Å²) in [6.07, 6.45) is 1.87. The Hall–Kier alpha value is -2.83. The molecule has 160 valence electrons. The van der Waals surface area contributed by atoms with E-state index in [1.807, 2.05) is 37.3 Å². The molecule has 0 spiro atoms. The maximum absolute atomic E-state index is 12.9. The van der Waals surface area contributed by atoms with Gasteiger partial charge in [-0.1, -0.05) is 53.8 Å². The van der Waals surface area contributed by atoms with Crippen LogP contribution in [0.1, 0.15) is 44.2 Å². The zero-order chi connectivity index (χ0) is 22.0. The molecule has 1 unspecified atom stereocenters. The minimum atomic E-state index is -0.456. The lowest BCUT2D eigenvalue weighted by Gasteiger charge is -2.35. The molecule has 1 atom stereocenters. The minimum absolute atomic E-state index is 0.155. The number of nitrogens with one attached hydrogen (secondary N) is 1. The third-order valence-corrected chi connectivity index (χ3v) is 5.76. The molecule has 0 radical (unpaired) electrons. The van der Waals surface area contributed by atoms with Crippen LogP contribution in [0.2, 0.25) is 10.0 Å². The number of halogens is 2. The lowest BCUT2D eigenvalue weighted by atomic mass is 9.94. The Kier molecular flexibility index (Phi) is 6.30. The number of amides is 2. The van der Waals surface area contributed by atoms with E-state index in [9.17, 15) is 4.79 Å². The summed E-state index contributed by atoms with van der Waals surface area (Å²) in [5.41, 5.74) is 3.18. The summed E-state index contributed by atoms with van der Waals surface area (Å²) in [7, 11) is 0. The molecule has 3 aromatic rings. The van der Waals surface area contributed by atoms with E-state index in [1.54, 1.807) is 23.1 Å². The molecule has 1 aliphatic rings. The molecule has 0 aliphatic carbocycles. The summed E-state index contributed by atoms with van der Waals surface area (Å²) in [5, 5.41) is 8.46. The zero-order valence-electron chi connectivity index (χ0n) is 17.2. The first-order valence-corrected chi connectivity index (χ1v) is 10.9. The second kappa shape index (κ2) is 9.12. The van der Waals surface area contributed by atoms with Gasteiger partial charge in [0.1, 0.15) is 0 Å². The number of hydrogen-bond donors (Lipinski definition) is 1. The van der Waals surface area contributed by atoms with Gasteiger partial charge in [0.2, 0.25) is 5.82 Å². The molecule has 0 saturated heterocycles. The summed E-state index contributed by atoms with van der Waals surface area (Å²) in [5.74, 6) is 0.808. The van der Waals surface area contributed by atoms with E-state index in [2.05, 4.69) is 22.4 Å². The van der Waals surface area contributed by atoms with Crippen molar-refractivity contribution in [3.8, 4) is 11.4 Å². The smallest absolute Gasteiger partial charge is 0.322 e. The van der Waals surface area contributed by atoms with Gasteiger partial charge in [0.15, 0.2) is 0 Å². The van der Waals surface area contributed by atoms with Crippen molar-refractivity contribution in [1.82, 2.24) is 20.4 Å². The molecule has 8 heteroatoms. The van der Waals surface area contributed by atoms with Crippen molar-refractivity contribution >= 4 is 34.8 Å². The molecule has 1 aromatic heterocycles. The van der Waals surface area contributed by atoms with Crippen LogP contribution < -0.4 is 5.32 Å². The minimum Gasteiger partial charge on any atom is -0.334 e. The average molecular weight is 457 g/mol. The normalized spacial score (nSPS) is 16.6. The van der Waals surface area contributed by atoms with Crippen LogP contribution in [0.15, 0.2) is 58.8 Å². The summed E-state index contributed by atoms with van der Waals surface area (Å²) in [4.78, 5) is 19.2. The fraction of sp³-hybridized carbons (Fsp3) is 0.261. The topological polar surface area (TPSA) is 71.3 Å². The van der Waals surface area contributed by atoms with Crippen molar-refractivity contribution in [2.45, 2.75) is 32.7 Å². The van der Waals surface area contributed by atoms with E-state index in [-0.39, 0.29) is 6.03 Å². The van der Waals surface area contributed by atoms with Crippen molar-refractivity contribution in [3.63, 3.8) is 0 Å². The summed E-state index contributed by atoms with van der Waals surface area (Å²) >= 11 is 12.2. The van der Waals surface area contributed by atoms with Crippen LogP contribution in [0.4, 0.5) is 4.79 Å². The molecular formula is C23H22Cl2N4O2. The second-order valence-electron chi connectivity index (χ2n) is 7.37. The Morgan fingerprint density at radius 2 is 1.90 bits per heavy atom. The summed E-state index contributed by atoms with van der Waals surface area (Å²) in [6, 6.07) is 14.0. The molecule has 0 fully saturated rings. The molecule has 31 heavy (non-hydrogen) atoms. The molecule has 1 N–H and O–H groups in total. The zero-order valence-corrected chi connectivity index (χ0v) is 18.7. The predicted molar refractivity (Wildman–Crippen MR) is 122 cm³/mol. The Balaban J connectivity index is 1.80. The first-order valence-electron chi connectivity index (χ1n) is 10.1. The van der Waals surface area contributed by atoms with Crippen LogP contribution >= 0.6 is 23.2 Å². The molecule has 1 aliphatic heterocycles. The number of aromatic nitrogens is 2.